The lowest BCUT2D eigenvalue weighted by molar-refractivity contribution is 1.17. The zero-order chi connectivity index (χ0) is 38.1. The molecule has 0 saturated carbocycles. The average Bonchev–Trinajstić information content (AvgIpc) is 3.77. The Morgan fingerprint density at radius 2 is 0.843 bits per heavy atom. The van der Waals surface area contributed by atoms with Crippen LogP contribution in [-0.2, 0) is 0 Å². The van der Waals surface area contributed by atoms with Crippen molar-refractivity contribution < 1.29 is 6.85 Å². The molecular formula is C48H34N2Si. The van der Waals surface area contributed by atoms with Crippen molar-refractivity contribution in [3.63, 3.8) is 0 Å². The first-order valence-corrected chi connectivity index (χ1v) is 19.2. The van der Waals surface area contributed by atoms with Gasteiger partial charge in [0, 0.05) is 32.9 Å². The Kier molecular flexibility index (Phi) is 5.74. The normalized spacial score (nSPS) is 13.3. The van der Waals surface area contributed by atoms with Gasteiger partial charge in [-0.3, -0.25) is 0 Å². The summed E-state index contributed by atoms with van der Waals surface area (Å²) in [6.45, 7) is 0. The van der Waals surface area contributed by atoms with E-state index in [1.807, 2.05) is 42.5 Å². The van der Waals surface area contributed by atoms with Crippen LogP contribution in [-0.4, -0.2) is 17.2 Å². The van der Waals surface area contributed by atoms with Gasteiger partial charge in [0.1, 0.15) is 0 Å². The maximum atomic E-state index is 9.43. The highest BCUT2D eigenvalue weighted by Gasteiger charge is 2.41. The molecule has 8 aromatic carbocycles. The second kappa shape index (κ2) is 11.9. The van der Waals surface area contributed by atoms with E-state index in [4.69, 9.17) is 4.11 Å². The van der Waals surface area contributed by atoms with Crippen molar-refractivity contribution in [2.75, 3.05) is 0 Å². The number of para-hydroxylation sites is 3. The van der Waals surface area contributed by atoms with Crippen LogP contribution < -0.4 is 20.7 Å². The van der Waals surface area contributed by atoms with Gasteiger partial charge in [0.25, 0.3) is 0 Å². The van der Waals surface area contributed by atoms with Crippen molar-refractivity contribution >= 4 is 72.4 Å². The second-order valence-electron chi connectivity index (χ2n) is 13.0. The van der Waals surface area contributed by atoms with E-state index in [0.717, 1.165) is 70.5 Å². The van der Waals surface area contributed by atoms with Crippen LogP contribution in [0.4, 0.5) is 0 Å². The van der Waals surface area contributed by atoms with Gasteiger partial charge in [-0.15, -0.1) is 0 Å². The molecule has 3 heteroatoms. The third-order valence-corrected chi connectivity index (χ3v) is 14.9. The highest BCUT2D eigenvalue weighted by atomic mass is 28.3. The highest BCUT2D eigenvalue weighted by Crippen LogP contribution is 2.36. The summed E-state index contributed by atoms with van der Waals surface area (Å²) in [6.07, 6.45) is 0. The van der Waals surface area contributed by atoms with Crippen LogP contribution in [0.15, 0.2) is 206 Å². The smallest absolute Gasteiger partial charge is 0.179 e. The van der Waals surface area contributed by atoms with Crippen LogP contribution >= 0.6 is 0 Å². The van der Waals surface area contributed by atoms with Crippen LogP contribution in [0.25, 0.3) is 55.0 Å². The van der Waals surface area contributed by atoms with E-state index < -0.39 is 14.1 Å². The molecule has 0 spiro atoms. The molecular weight excluding hydrogens is 633 g/mol. The average molecular weight is 672 g/mol. The summed E-state index contributed by atoms with van der Waals surface area (Å²) in [6, 6.07) is 59.3. The topological polar surface area (TPSA) is 9.86 Å². The summed E-state index contributed by atoms with van der Waals surface area (Å²) < 4.78 is 49.7. The number of hydrogen-bond donors (Lipinski definition) is 0. The third kappa shape index (κ3) is 4.49. The lowest BCUT2D eigenvalue weighted by atomic mass is 10.1. The predicted octanol–water partition coefficient (Wildman–Crippen LogP) is 9.26. The fourth-order valence-electron chi connectivity index (χ4n) is 8.18. The van der Waals surface area contributed by atoms with Gasteiger partial charge in [-0.2, -0.15) is 0 Å². The number of fused-ring (bicyclic) bond motifs is 6. The molecule has 0 N–H and O–H groups in total. The number of rotatable bonds is 6. The fourth-order valence-corrected chi connectivity index (χ4v) is 12.6. The molecule has 2 nitrogen and oxygen atoms in total. The fraction of sp³-hybridized carbons (Fsp3) is 0. The van der Waals surface area contributed by atoms with Gasteiger partial charge < -0.3 is 9.13 Å². The van der Waals surface area contributed by atoms with E-state index >= 15 is 0 Å². The standard InChI is InChI=1S/C48H34N2Si/c1-5-17-35(18-6-1)49-46-28-16-14-26-42(46)44-33-36(29-32-47(44)49)50-45-27-15-13-25-41(45)43-31-30-40(34-48(43)50)51(37-19-7-2-8-20-37,38-21-9-3-10-22-38)39-23-11-4-12-24-39/h1-34H/i2D,7D,8D,19D,20D. The SMILES string of the molecule is [2H]c1c([2H])c([2H])c([Si](c2ccccc2)(c2ccccc2)c2ccc3c4ccccc4n(-c4ccc5c(c4)c4ccccc4n5-c4ccccc4)c3c2)c([2H])c1[2H]. The first-order chi connectivity index (χ1) is 27.4. The molecule has 0 aliphatic heterocycles. The van der Waals surface area contributed by atoms with Crippen molar-refractivity contribution in [1.29, 1.82) is 0 Å². The van der Waals surface area contributed by atoms with E-state index in [2.05, 4.69) is 143 Å². The van der Waals surface area contributed by atoms with Crippen molar-refractivity contribution in [2.24, 2.45) is 0 Å². The molecule has 2 aromatic heterocycles. The van der Waals surface area contributed by atoms with Gasteiger partial charge in [0.05, 0.1) is 28.9 Å². The molecule has 10 rings (SSSR count). The molecule has 2 heterocycles. The monoisotopic (exact) mass is 671 g/mol. The Labute approximate surface area is 305 Å². The Morgan fingerprint density at radius 1 is 0.333 bits per heavy atom. The number of hydrogen-bond acceptors (Lipinski definition) is 0. The van der Waals surface area contributed by atoms with Crippen LogP contribution in [0, 0.1) is 0 Å². The Hall–Kier alpha value is -6.42. The molecule has 0 atom stereocenters. The van der Waals surface area contributed by atoms with Crippen molar-refractivity contribution in [1.82, 2.24) is 9.13 Å². The van der Waals surface area contributed by atoms with Crippen molar-refractivity contribution in [3.05, 3.63) is 206 Å². The minimum atomic E-state index is -3.59. The molecule has 0 unspecified atom stereocenters. The molecule has 0 radical (unpaired) electrons. The van der Waals surface area contributed by atoms with Gasteiger partial charge in [-0.25, -0.2) is 0 Å². The number of benzene rings is 8. The maximum absolute atomic E-state index is 9.43. The van der Waals surface area contributed by atoms with Crippen LogP contribution in [0.3, 0.4) is 0 Å². The van der Waals surface area contributed by atoms with Crippen LogP contribution in [0.5, 0.6) is 0 Å². The summed E-state index contributed by atoms with van der Waals surface area (Å²) in [4.78, 5) is 0. The van der Waals surface area contributed by atoms with Crippen LogP contribution in [0.2, 0.25) is 0 Å². The van der Waals surface area contributed by atoms with Gasteiger partial charge >= 0.3 is 0 Å². The predicted molar refractivity (Wildman–Crippen MR) is 219 cm³/mol. The molecule has 0 bridgehead atoms. The van der Waals surface area contributed by atoms with Gasteiger partial charge in [-0.1, -0.05) is 158 Å². The van der Waals surface area contributed by atoms with E-state index in [9.17, 15) is 2.74 Å². The Morgan fingerprint density at radius 3 is 1.49 bits per heavy atom. The summed E-state index contributed by atoms with van der Waals surface area (Å²) in [7, 11) is -3.59. The quantitative estimate of drug-likeness (QED) is 0.123. The van der Waals surface area contributed by atoms with Crippen molar-refractivity contribution in [3.8, 4) is 11.4 Å². The summed E-state index contributed by atoms with van der Waals surface area (Å²) in [5.41, 5.74) is 6.39. The maximum Gasteiger partial charge on any atom is 0.179 e. The van der Waals surface area contributed by atoms with Gasteiger partial charge in [0.15, 0.2) is 8.07 Å². The minimum absolute atomic E-state index is 0.170. The van der Waals surface area contributed by atoms with E-state index in [-0.39, 0.29) is 24.2 Å². The van der Waals surface area contributed by atoms with E-state index in [0.29, 0.717) is 5.19 Å². The summed E-state index contributed by atoms with van der Waals surface area (Å²) >= 11 is 0. The lowest BCUT2D eigenvalue weighted by Gasteiger charge is -2.34. The van der Waals surface area contributed by atoms with Crippen LogP contribution in [0.1, 0.15) is 6.85 Å². The molecule has 0 fully saturated rings. The summed E-state index contributed by atoms with van der Waals surface area (Å²) in [5, 5.41) is 7.61. The molecule has 0 saturated heterocycles. The Bertz CT molecular complexity index is 3070. The molecule has 0 aliphatic rings. The zero-order valence-electron chi connectivity index (χ0n) is 32.6. The zero-order valence-corrected chi connectivity index (χ0v) is 28.6. The molecule has 240 valence electrons. The first kappa shape index (κ1) is 24.7. The molecule has 51 heavy (non-hydrogen) atoms. The summed E-state index contributed by atoms with van der Waals surface area (Å²) in [5.74, 6) is 0. The van der Waals surface area contributed by atoms with Crippen molar-refractivity contribution in [2.45, 2.75) is 0 Å². The second-order valence-corrected chi connectivity index (χ2v) is 16.7. The number of nitrogens with zero attached hydrogens (tertiary/aromatic N) is 2. The van der Waals surface area contributed by atoms with Gasteiger partial charge in [0.2, 0.25) is 0 Å². The Balaban J connectivity index is 1.32. The van der Waals surface area contributed by atoms with E-state index in [1.54, 1.807) is 0 Å². The number of aromatic nitrogens is 2. The van der Waals surface area contributed by atoms with Gasteiger partial charge in [-0.05, 0) is 69.3 Å². The highest BCUT2D eigenvalue weighted by molar-refractivity contribution is 7.20. The largest absolute Gasteiger partial charge is 0.309 e. The molecule has 10 aromatic rings. The minimum Gasteiger partial charge on any atom is -0.309 e. The van der Waals surface area contributed by atoms with E-state index in [1.165, 1.54) is 0 Å². The third-order valence-electron chi connectivity index (χ3n) is 10.3. The molecule has 0 aliphatic carbocycles. The first-order valence-electron chi connectivity index (χ1n) is 19.7. The lowest BCUT2D eigenvalue weighted by Crippen LogP contribution is -2.74. The molecule has 0 amide bonds.